The number of nitrogens with zero attached hydrogens (tertiary/aromatic N) is 1. The van der Waals surface area contributed by atoms with Crippen LogP contribution in [0.3, 0.4) is 0 Å². The average Bonchev–Trinajstić information content (AvgIpc) is 2.25. The maximum absolute atomic E-state index is 13.4. The summed E-state index contributed by atoms with van der Waals surface area (Å²) in [5, 5.41) is 8.80. The first kappa shape index (κ1) is 11.5. The van der Waals surface area contributed by atoms with Gasteiger partial charge in [-0.25, -0.2) is 4.39 Å². The Morgan fingerprint density at radius 3 is 2.80 bits per heavy atom. The normalized spacial score (nSPS) is 9.73. The molecule has 0 aliphatic rings. The van der Waals surface area contributed by atoms with Crippen molar-refractivity contribution in [1.82, 2.24) is 0 Å². The van der Waals surface area contributed by atoms with Gasteiger partial charge in [-0.2, -0.15) is 5.26 Å². The molecule has 1 aromatic rings. The molecule has 0 bridgehead atoms. The highest BCUT2D eigenvalue weighted by atomic mass is 19.1. The largest absolute Gasteiger partial charge is 0.492 e. The highest BCUT2D eigenvalue weighted by Gasteiger charge is 2.10. The molecule has 0 aromatic heterocycles. The second-order valence-corrected chi connectivity index (χ2v) is 3.16. The molecule has 15 heavy (non-hydrogen) atoms. The van der Waals surface area contributed by atoms with Crippen molar-refractivity contribution in [2.45, 2.75) is 12.8 Å². The van der Waals surface area contributed by atoms with Gasteiger partial charge >= 0.3 is 0 Å². The third kappa shape index (κ3) is 2.67. The monoisotopic (exact) mass is 208 g/mol. The van der Waals surface area contributed by atoms with Gasteiger partial charge in [0.25, 0.3) is 0 Å². The molecule has 0 unspecified atom stereocenters. The lowest BCUT2D eigenvalue weighted by atomic mass is 10.1. The van der Waals surface area contributed by atoms with Crippen LogP contribution in [0.2, 0.25) is 0 Å². The Bertz CT molecular complexity index is 385. The van der Waals surface area contributed by atoms with Gasteiger partial charge in [-0.05, 0) is 37.1 Å². The summed E-state index contributed by atoms with van der Waals surface area (Å²) in [6, 6.07) is 4.93. The van der Waals surface area contributed by atoms with Gasteiger partial charge < -0.3 is 10.5 Å². The van der Waals surface area contributed by atoms with Crippen LogP contribution in [-0.2, 0) is 6.42 Å². The van der Waals surface area contributed by atoms with Crippen LogP contribution in [0.15, 0.2) is 12.1 Å². The molecule has 1 rings (SSSR count). The van der Waals surface area contributed by atoms with Crippen molar-refractivity contribution in [3.05, 3.63) is 29.1 Å². The summed E-state index contributed by atoms with van der Waals surface area (Å²) in [5.74, 6) is -0.488. The molecule has 4 heteroatoms. The molecule has 0 heterocycles. The zero-order valence-electron chi connectivity index (χ0n) is 8.59. The highest BCUT2D eigenvalue weighted by Crippen LogP contribution is 2.24. The Balaban J connectivity index is 3.04. The number of nitriles is 1. The fourth-order valence-electron chi connectivity index (χ4n) is 1.39. The van der Waals surface area contributed by atoms with E-state index in [0.717, 1.165) is 12.0 Å². The third-order valence-electron chi connectivity index (χ3n) is 2.10. The molecule has 0 aliphatic carbocycles. The van der Waals surface area contributed by atoms with Gasteiger partial charge in [-0.1, -0.05) is 0 Å². The van der Waals surface area contributed by atoms with Gasteiger partial charge in [0.05, 0.1) is 12.7 Å². The minimum Gasteiger partial charge on any atom is -0.492 e. The Labute approximate surface area is 88.3 Å². The molecule has 0 atom stereocenters. The summed E-state index contributed by atoms with van der Waals surface area (Å²) in [7, 11) is 1.35. The van der Waals surface area contributed by atoms with Gasteiger partial charge in [0.2, 0.25) is 0 Å². The van der Waals surface area contributed by atoms with E-state index in [0.29, 0.717) is 13.0 Å². The Morgan fingerprint density at radius 2 is 2.27 bits per heavy atom. The molecule has 2 N–H and O–H groups in total. The van der Waals surface area contributed by atoms with Crippen LogP contribution in [0.25, 0.3) is 0 Å². The van der Waals surface area contributed by atoms with E-state index in [4.69, 9.17) is 15.7 Å². The fourth-order valence-corrected chi connectivity index (χ4v) is 1.39. The molecule has 0 radical (unpaired) electrons. The summed E-state index contributed by atoms with van der Waals surface area (Å²) in [6.07, 6.45) is 1.45. The minimum absolute atomic E-state index is 0.00833. The van der Waals surface area contributed by atoms with Crippen molar-refractivity contribution in [2.24, 2.45) is 5.73 Å². The van der Waals surface area contributed by atoms with E-state index in [1.807, 2.05) is 6.07 Å². The molecule has 0 saturated heterocycles. The standard InChI is InChI=1S/C11H13FN2O/c1-15-11-9(7-14)5-8(3-2-4-13)6-10(11)12/h5-6H,2-4,13H2,1H3. The quantitative estimate of drug-likeness (QED) is 0.817. The van der Waals surface area contributed by atoms with Gasteiger partial charge in [0.1, 0.15) is 6.07 Å². The molecule has 0 amide bonds. The maximum atomic E-state index is 13.4. The SMILES string of the molecule is COc1c(F)cc(CCCN)cc1C#N. The molecule has 1 aromatic carbocycles. The van der Waals surface area contributed by atoms with Crippen molar-refractivity contribution < 1.29 is 9.13 Å². The molecule has 0 aliphatic heterocycles. The number of benzene rings is 1. The minimum atomic E-state index is -0.497. The van der Waals surface area contributed by atoms with E-state index >= 15 is 0 Å². The van der Waals surface area contributed by atoms with E-state index < -0.39 is 5.82 Å². The summed E-state index contributed by atoms with van der Waals surface area (Å²) in [5.41, 5.74) is 6.36. The van der Waals surface area contributed by atoms with Gasteiger partial charge in [0.15, 0.2) is 11.6 Å². The Morgan fingerprint density at radius 1 is 1.53 bits per heavy atom. The van der Waals surface area contributed by atoms with E-state index in [1.165, 1.54) is 13.2 Å². The van der Waals surface area contributed by atoms with Gasteiger partial charge in [-0.15, -0.1) is 0 Å². The van der Waals surface area contributed by atoms with Crippen molar-refractivity contribution >= 4 is 0 Å². The predicted molar refractivity (Wildman–Crippen MR) is 55.0 cm³/mol. The lowest BCUT2D eigenvalue weighted by Crippen LogP contribution is -2.01. The zero-order chi connectivity index (χ0) is 11.3. The number of ether oxygens (including phenoxy) is 1. The first-order chi connectivity index (χ1) is 7.22. The number of halogens is 1. The second kappa shape index (κ2) is 5.32. The topological polar surface area (TPSA) is 59.0 Å². The third-order valence-corrected chi connectivity index (χ3v) is 2.10. The Hall–Kier alpha value is -1.60. The first-order valence-electron chi connectivity index (χ1n) is 4.69. The van der Waals surface area contributed by atoms with Crippen LogP contribution >= 0.6 is 0 Å². The summed E-state index contributed by atoms with van der Waals surface area (Å²) in [4.78, 5) is 0. The summed E-state index contributed by atoms with van der Waals surface area (Å²) < 4.78 is 18.2. The zero-order valence-corrected chi connectivity index (χ0v) is 8.59. The summed E-state index contributed by atoms with van der Waals surface area (Å²) in [6.45, 7) is 0.551. The number of nitrogens with two attached hydrogens (primary N) is 1. The smallest absolute Gasteiger partial charge is 0.172 e. The highest BCUT2D eigenvalue weighted by molar-refractivity contribution is 5.46. The summed E-state index contributed by atoms with van der Waals surface area (Å²) >= 11 is 0. The molecular formula is C11H13FN2O. The number of methoxy groups -OCH3 is 1. The molecule has 3 nitrogen and oxygen atoms in total. The van der Waals surface area contributed by atoms with Crippen LogP contribution in [0.4, 0.5) is 4.39 Å². The second-order valence-electron chi connectivity index (χ2n) is 3.16. The molecule has 0 spiro atoms. The molecular weight excluding hydrogens is 195 g/mol. The van der Waals surface area contributed by atoms with Crippen LogP contribution in [0.1, 0.15) is 17.5 Å². The molecule has 0 fully saturated rings. The number of hydrogen-bond donors (Lipinski definition) is 1. The molecule has 0 saturated carbocycles. The van der Waals surface area contributed by atoms with E-state index in [9.17, 15) is 4.39 Å². The predicted octanol–water partition coefficient (Wildman–Crippen LogP) is 1.60. The van der Waals surface area contributed by atoms with Gasteiger partial charge in [0, 0.05) is 0 Å². The van der Waals surface area contributed by atoms with E-state index in [2.05, 4.69) is 0 Å². The number of hydrogen-bond acceptors (Lipinski definition) is 3. The number of aryl methyl sites for hydroxylation is 1. The lowest BCUT2D eigenvalue weighted by Gasteiger charge is -2.07. The van der Waals surface area contributed by atoms with Crippen LogP contribution in [0, 0.1) is 17.1 Å². The van der Waals surface area contributed by atoms with Crippen LogP contribution in [0.5, 0.6) is 5.75 Å². The average molecular weight is 208 g/mol. The van der Waals surface area contributed by atoms with Crippen molar-refractivity contribution in [1.29, 1.82) is 5.26 Å². The Kier molecular flexibility index (Phi) is 4.07. The van der Waals surface area contributed by atoms with E-state index in [1.54, 1.807) is 6.07 Å². The van der Waals surface area contributed by atoms with Crippen LogP contribution in [-0.4, -0.2) is 13.7 Å². The first-order valence-corrected chi connectivity index (χ1v) is 4.69. The van der Waals surface area contributed by atoms with Crippen molar-refractivity contribution in [3.63, 3.8) is 0 Å². The molecule has 80 valence electrons. The van der Waals surface area contributed by atoms with Gasteiger partial charge in [-0.3, -0.25) is 0 Å². The lowest BCUT2D eigenvalue weighted by molar-refractivity contribution is 0.385. The van der Waals surface area contributed by atoms with Crippen molar-refractivity contribution in [3.8, 4) is 11.8 Å². The van der Waals surface area contributed by atoms with Crippen molar-refractivity contribution in [2.75, 3.05) is 13.7 Å². The number of rotatable bonds is 4. The maximum Gasteiger partial charge on any atom is 0.172 e. The van der Waals surface area contributed by atoms with E-state index in [-0.39, 0.29) is 11.3 Å². The van der Waals surface area contributed by atoms with Crippen LogP contribution < -0.4 is 10.5 Å². The fraction of sp³-hybridized carbons (Fsp3) is 0.364.